The molecule has 0 spiro atoms. The number of hydrogen-bond donors (Lipinski definition) is 2. The predicted molar refractivity (Wildman–Crippen MR) is 106 cm³/mol. The van der Waals surface area contributed by atoms with E-state index in [1.54, 1.807) is 12.3 Å². The number of carbonyl (C=O) groups excluding carboxylic acids is 1. The number of allylic oxidation sites excluding steroid dienone is 4. The van der Waals surface area contributed by atoms with Crippen LogP contribution in [0.2, 0.25) is 0 Å². The van der Waals surface area contributed by atoms with Crippen LogP contribution in [0, 0.1) is 0 Å². The molecule has 3 aromatic rings. The molecule has 0 aliphatic heterocycles. The Kier molecular flexibility index (Phi) is 5.75. The largest absolute Gasteiger partial charge is 0.357 e. The van der Waals surface area contributed by atoms with Crippen LogP contribution in [0.3, 0.4) is 0 Å². The smallest absolute Gasteiger partial charge is 0.268 e. The van der Waals surface area contributed by atoms with Gasteiger partial charge in [0.05, 0.1) is 6.54 Å². The Labute approximate surface area is 173 Å². The zero-order valence-corrected chi connectivity index (χ0v) is 16.3. The molecule has 4 rings (SSSR count). The van der Waals surface area contributed by atoms with Crippen LogP contribution in [0.4, 0.5) is 13.2 Å². The van der Waals surface area contributed by atoms with Crippen molar-refractivity contribution in [3.05, 3.63) is 76.2 Å². The number of aromatic nitrogens is 4. The van der Waals surface area contributed by atoms with Crippen LogP contribution >= 0.6 is 11.3 Å². The fraction of sp³-hybridized carbons (Fsp3) is 0.200. The lowest BCUT2D eigenvalue weighted by molar-refractivity contribution is 0.0946. The van der Waals surface area contributed by atoms with Gasteiger partial charge >= 0.3 is 0 Å². The number of pyridine rings is 1. The first kappa shape index (κ1) is 20.0. The molecular weight excluding hydrogens is 415 g/mol. The Hall–Kier alpha value is -3.27. The van der Waals surface area contributed by atoms with Crippen molar-refractivity contribution >= 4 is 17.2 Å². The molecule has 10 heteroatoms. The second-order valence-electron chi connectivity index (χ2n) is 6.63. The fourth-order valence-corrected chi connectivity index (χ4v) is 3.75. The van der Waals surface area contributed by atoms with Crippen molar-refractivity contribution in [2.75, 3.05) is 0 Å². The Morgan fingerprint density at radius 2 is 2.17 bits per heavy atom. The number of halogens is 3. The molecule has 1 atom stereocenters. The number of rotatable bonds is 6. The highest BCUT2D eigenvalue weighted by Gasteiger charge is 2.25. The Morgan fingerprint density at radius 3 is 2.93 bits per heavy atom. The summed E-state index contributed by atoms with van der Waals surface area (Å²) in [6, 6.07) is 6.98. The van der Waals surface area contributed by atoms with Crippen molar-refractivity contribution in [1.82, 2.24) is 25.5 Å². The molecule has 154 valence electrons. The summed E-state index contributed by atoms with van der Waals surface area (Å²) in [5.41, 5.74) is 1.34. The summed E-state index contributed by atoms with van der Waals surface area (Å²) in [5, 5.41) is 12.1. The molecule has 0 fully saturated rings. The molecule has 0 aromatic carbocycles. The van der Waals surface area contributed by atoms with Crippen LogP contribution in [0.1, 0.15) is 27.5 Å². The van der Waals surface area contributed by atoms with E-state index in [1.807, 2.05) is 12.1 Å². The van der Waals surface area contributed by atoms with Gasteiger partial charge < -0.3 is 10.3 Å². The molecule has 0 saturated heterocycles. The molecule has 1 amide bonds. The van der Waals surface area contributed by atoms with E-state index in [9.17, 15) is 18.0 Å². The molecule has 3 heterocycles. The summed E-state index contributed by atoms with van der Waals surface area (Å²) in [5.74, 6) is -2.11. The van der Waals surface area contributed by atoms with E-state index >= 15 is 0 Å². The zero-order chi connectivity index (χ0) is 21.1. The van der Waals surface area contributed by atoms with Gasteiger partial charge in [-0.25, -0.2) is 13.2 Å². The number of hydrogen-bond acceptors (Lipinski definition) is 5. The quantitative estimate of drug-likeness (QED) is 0.612. The molecule has 0 saturated carbocycles. The van der Waals surface area contributed by atoms with Crippen LogP contribution in [0.25, 0.3) is 10.7 Å². The number of alkyl halides is 1. The molecule has 0 radical (unpaired) electrons. The minimum absolute atomic E-state index is 0.0512. The van der Waals surface area contributed by atoms with E-state index in [1.165, 1.54) is 23.6 Å². The second-order valence-corrected chi connectivity index (χ2v) is 7.70. The minimum Gasteiger partial charge on any atom is -0.357 e. The predicted octanol–water partition coefficient (Wildman–Crippen LogP) is 4.22. The fourth-order valence-electron chi connectivity index (χ4n) is 2.99. The van der Waals surface area contributed by atoms with Crippen LogP contribution in [0.5, 0.6) is 0 Å². The second kappa shape index (κ2) is 8.62. The zero-order valence-electron chi connectivity index (χ0n) is 15.5. The van der Waals surface area contributed by atoms with Gasteiger partial charge in [0.2, 0.25) is 0 Å². The number of H-pyrrole nitrogens is 1. The summed E-state index contributed by atoms with van der Waals surface area (Å²) in [4.78, 5) is 19.3. The SMILES string of the molecule is O=C(NCc1nnc(-c2ccccn2)s1)c1cc(CC2=C(F)C=C(F)CC2F)c[nH]1. The molecule has 0 bridgehead atoms. The highest BCUT2D eigenvalue weighted by atomic mass is 32.1. The van der Waals surface area contributed by atoms with Crippen molar-refractivity contribution in [3.63, 3.8) is 0 Å². The van der Waals surface area contributed by atoms with Gasteiger partial charge in [0.15, 0.2) is 5.01 Å². The lowest BCUT2D eigenvalue weighted by Gasteiger charge is -2.16. The topological polar surface area (TPSA) is 83.6 Å². The molecule has 3 aromatic heterocycles. The Balaban J connectivity index is 1.37. The van der Waals surface area contributed by atoms with Gasteiger partial charge in [0.25, 0.3) is 5.91 Å². The third-order valence-electron chi connectivity index (χ3n) is 4.48. The maximum atomic E-state index is 13.9. The summed E-state index contributed by atoms with van der Waals surface area (Å²) < 4.78 is 40.9. The van der Waals surface area contributed by atoms with Crippen LogP contribution in [-0.2, 0) is 13.0 Å². The third-order valence-corrected chi connectivity index (χ3v) is 5.42. The van der Waals surface area contributed by atoms with Crippen molar-refractivity contribution in [3.8, 4) is 10.7 Å². The first-order chi connectivity index (χ1) is 14.5. The maximum Gasteiger partial charge on any atom is 0.268 e. The molecule has 2 N–H and O–H groups in total. The van der Waals surface area contributed by atoms with Gasteiger partial charge in [-0.3, -0.25) is 9.78 Å². The van der Waals surface area contributed by atoms with Gasteiger partial charge in [0, 0.05) is 36.9 Å². The standard InChI is InChI=1S/C20H16F3N5OS/c21-12-7-14(22)13(15(23)8-12)5-11-6-17(25-9-11)19(29)26-10-18-27-28-20(30-18)16-3-1-2-4-24-16/h1-4,6-7,9,15,25H,5,8,10H2,(H,26,29). The van der Waals surface area contributed by atoms with E-state index in [4.69, 9.17) is 0 Å². The number of aromatic amines is 1. The molecular formula is C20H16F3N5OS. The summed E-state index contributed by atoms with van der Waals surface area (Å²) in [6.45, 7) is 0.175. The Bertz CT molecular complexity index is 1120. The molecule has 6 nitrogen and oxygen atoms in total. The van der Waals surface area contributed by atoms with Crippen LogP contribution in [-0.4, -0.2) is 32.2 Å². The monoisotopic (exact) mass is 431 g/mol. The van der Waals surface area contributed by atoms with Crippen LogP contribution in [0.15, 0.2) is 60.0 Å². The van der Waals surface area contributed by atoms with Crippen molar-refractivity contribution in [2.24, 2.45) is 0 Å². The average Bonchev–Trinajstić information content (AvgIpc) is 3.39. The van der Waals surface area contributed by atoms with Gasteiger partial charge in [-0.15, -0.1) is 10.2 Å². The number of nitrogens with zero attached hydrogens (tertiary/aromatic N) is 3. The van der Waals surface area contributed by atoms with Crippen molar-refractivity contribution < 1.29 is 18.0 Å². The van der Waals surface area contributed by atoms with E-state index in [-0.39, 0.29) is 24.2 Å². The number of nitrogens with one attached hydrogen (secondary N) is 2. The molecule has 1 unspecified atom stereocenters. The lowest BCUT2D eigenvalue weighted by atomic mass is 9.96. The van der Waals surface area contributed by atoms with Gasteiger partial charge in [0.1, 0.15) is 34.2 Å². The van der Waals surface area contributed by atoms with E-state index < -0.39 is 30.2 Å². The molecule has 1 aliphatic carbocycles. The highest BCUT2D eigenvalue weighted by Crippen LogP contribution is 2.30. The normalized spacial score (nSPS) is 16.5. The van der Waals surface area contributed by atoms with Gasteiger partial charge in [-0.1, -0.05) is 17.4 Å². The lowest BCUT2D eigenvalue weighted by Crippen LogP contribution is -2.23. The van der Waals surface area contributed by atoms with E-state index in [2.05, 4.69) is 25.5 Å². The minimum atomic E-state index is -1.71. The first-order valence-corrected chi connectivity index (χ1v) is 9.89. The third kappa shape index (κ3) is 4.48. The van der Waals surface area contributed by atoms with E-state index in [0.717, 1.165) is 0 Å². The van der Waals surface area contributed by atoms with Crippen molar-refractivity contribution in [2.45, 2.75) is 25.6 Å². The molecule has 1 aliphatic rings. The van der Waals surface area contributed by atoms with Crippen molar-refractivity contribution in [1.29, 1.82) is 0 Å². The van der Waals surface area contributed by atoms with E-state index in [0.29, 0.717) is 27.3 Å². The van der Waals surface area contributed by atoms with Crippen LogP contribution < -0.4 is 5.32 Å². The average molecular weight is 431 g/mol. The van der Waals surface area contributed by atoms with Gasteiger partial charge in [-0.2, -0.15) is 0 Å². The maximum absolute atomic E-state index is 13.9. The molecule has 30 heavy (non-hydrogen) atoms. The highest BCUT2D eigenvalue weighted by molar-refractivity contribution is 7.14. The summed E-state index contributed by atoms with van der Waals surface area (Å²) in [7, 11) is 0. The number of carbonyl (C=O) groups is 1. The summed E-state index contributed by atoms with van der Waals surface area (Å²) in [6.07, 6.45) is 1.63. The number of amides is 1. The Morgan fingerprint density at radius 1 is 1.30 bits per heavy atom. The first-order valence-electron chi connectivity index (χ1n) is 9.07. The van der Waals surface area contributed by atoms with Gasteiger partial charge in [-0.05, 0) is 23.8 Å². The summed E-state index contributed by atoms with van der Waals surface area (Å²) >= 11 is 1.32.